The van der Waals surface area contributed by atoms with Crippen molar-refractivity contribution in [3.05, 3.63) is 29.8 Å². The average molecular weight is 301 g/mol. The summed E-state index contributed by atoms with van der Waals surface area (Å²) in [5.74, 6) is -0.363. The first-order chi connectivity index (χ1) is 9.60. The van der Waals surface area contributed by atoms with Crippen LogP contribution in [0.2, 0.25) is 0 Å². The van der Waals surface area contributed by atoms with E-state index in [1.165, 1.54) is 6.38 Å². The van der Waals surface area contributed by atoms with Crippen LogP contribution in [-0.2, 0) is 4.79 Å². The summed E-state index contributed by atoms with van der Waals surface area (Å²) in [6, 6.07) is 6.78. The number of benzene rings is 1. The molecular formula is C13H17ClN2O4. The molecule has 0 unspecified atom stereocenters. The van der Waals surface area contributed by atoms with Gasteiger partial charge in [-0.25, -0.2) is 0 Å². The van der Waals surface area contributed by atoms with E-state index in [0.29, 0.717) is 24.2 Å². The van der Waals surface area contributed by atoms with Gasteiger partial charge in [0.25, 0.3) is 0 Å². The van der Waals surface area contributed by atoms with Gasteiger partial charge in [0, 0.05) is 11.9 Å². The summed E-state index contributed by atoms with van der Waals surface area (Å²) in [4.78, 5) is 10.6. The third kappa shape index (κ3) is 4.03. The van der Waals surface area contributed by atoms with Gasteiger partial charge in [-0.05, 0) is 37.1 Å². The number of rotatable bonds is 4. The largest absolute Gasteiger partial charge is 0.490 e. The van der Waals surface area contributed by atoms with E-state index in [9.17, 15) is 4.79 Å². The first-order valence-corrected chi connectivity index (χ1v) is 6.71. The van der Waals surface area contributed by atoms with Crippen molar-refractivity contribution in [1.29, 1.82) is 0 Å². The number of nitrogens with two attached hydrogens (primary N) is 1. The van der Waals surface area contributed by atoms with Crippen molar-refractivity contribution >= 4 is 23.4 Å². The van der Waals surface area contributed by atoms with Crippen LogP contribution in [0.3, 0.4) is 0 Å². The number of carbonyl (C=O) groups is 1. The Morgan fingerprint density at radius 2 is 1.90 bits per heavy atom. The van der Waals surface area contributed by atoms with E-state index in [2.05, 4.69) is 16.8 Å². The van der Waals surface area contributed by atoms with E-state index in [1.54, 1.807) is 24.3 Å². The molecule has 110 valence electrons. The number of hydrogen-bond acceptors (Lipinski definition) is 4. The third-order valence-electron chi connectivity index (χ3n) is 3.00. The summed E-state index contributed by atoms with van der Waals surface area (Å²) in [6.45, 7) is 0. The molecule has 7 heteroatoms. The number of aliphatic carboxylic acids is 1. The van der Waals surface area contributed by atoms with E-state index in [0.717, 1.165) is 0 Å². The van der Waals surface area contributed by atoms with Crippen molar-refractivity contribution in [2.24, 2.45) is 16.8 Å². The highest BCUT2D eigenvalue weighted by Crippen LogP contribution is 2.31. The Labute approximate surface area is 121 Å². The first-order valence-electron chi connectivity index (χ1n) is 5.95. The zero-order valence-corrected chi connectivity index (χ0v) is 11.7. The molecule has 0 amide bonds. The number of carboxylic acid groups (broad SMARTS) is 1. The van der Waals surface area contributed by atoms with Crippen molar-refractivity contribution in [3.63, 3.8) is 0 Å². The summed E-state index contributed by atoms with van der Waals surface area (Å²) in [6.07, 6.45) is 2.51. The van der Waals surface area contributed by atoms with Gasteiger partial charge in [0.1, 0.15) is 11.9 Å². The molecule has 2 rings (SSSR count). The van der Waals surface area contributed by atoms with Crippen molar-refractivity contribution in [3.8, 4) is 5.75 Å². The van der Waals surface area contributed by atoms with Gasteiger partial charge in [-0.3, -0.25) is 4.79 Å². The van der Waals surface area contributed by atoms with Gasteiger partial charge in [0.2, 0.25) is 0 Å². The van der Waals surface area contributed by atoms with Gasteiger partial charge < -0.3 is 20.8 Å². The predicted molar refractivity (Wildman–Crippen MR) is 75.5 cm³/mol. The molecule has 0 bridgehead atoms. The number of nitrogens with zero attached hydrogens (tertiary/aromatic N) is 1. The maximum Gasteiger partial charge on any atom is 0.306 e. The lowest BCUT2D eigenvalue weighted by atomic mass is 9.82. The highest BCUT2D eigenvalue weighted by atomic mass is 35.5. The molecule has 0 atom stereocenters. The molecule has 0 spiro atoms. The molecule has 0 aromatic heterocycles. The van der Waals surface area contributed by atoms with E-state index < -0.39 is 5.97 Å². The van der Waals surface area contributed by atoms with Crippen molar-refractivity contribution in [1.82, 2.24) is 0 Å². The zero-order valence-electron chi connectivity index (χ0n) is 11.0. The Bertz CT molecular complexity index is 470. The van der Waals surface area contributed by atoms with Gasteiger partial charge in [0.05, 0.1) is 5.92 Å². The molecule has 0 radical (unpaired) electrons. The van der Waals surface area contributed by atoms with E-state index >= 15 is 0 Å². The monoisotopic (exact) mass is 300 g/mol. The molecule has 1 aliphatic rings. The Morgan fingerprint density at radius 3 is 2.35 bits per heavy atom. The minimum absolute atomic E-state index is 0.0381. The van der Waals surface area contributed by atoms with Gasteiger partial charge in [0.15, 0.2) is 5.84 Å². The molecule has 1 aromatic carbocycles. The predicted octanol–water partition coefficient (Wildman–Crippen LogP) is 1.88. The highest BCUT2D eigenvalue weighted by Gasteiger charge is 2.35. The van der Waals surface area contributed by atoms with E-state index in [1.807, 2.05) is 0 Å². The van der Waals surface area contributed by atoms with Gasteiger partial charge in [-0.1, -0.05) is 5.16 Å². The summed E-state index contributed by atoms with van der Waals surface area (Å²) in [7, 11) is 0. The van der Waals surface area contributed by atoms with Crippen LogP contribution in [-0.4, -0.2) is 34.6 Å². The van der Waals surface area contributed by atoms with Crippen LogP contribution >= 0.6 is 11.6 Å². The molecule has 1 fully saturated rings. The van der Waals surface area contributed by atoms with Gasteiger partial charge in [-0.2, -0.15) is 0 Å². The van der Waals surface area contributed by atoms with Crippen molar-refractivity contribution < 1.29 is 19.8 Å². The normalized spacial score (nSPS) is 21.2. The second-order valence-electron chi connectivity index (χ2n) is 4.26. The maximum atomic E-state index is 10.6. The van der Waals surface area contributed by atoms with Crippen LogP contribution in [0, 0.1) is 5.92 Å². The number of hydrogen-bond donors (Lipinski definition) is 3. The number of ether oxygens (including phenoxy) is 1. The van der Waals surface area contributed by atoms with E-state index in [4.69, 9.17) is 20.8 Å². The Hall–Kier alpha value is -1.95. The number of alkyl halides is 1. The standard InChI is InChI=1S/C12H14N2O4.CH3Cl/c13-11(14-17)7-1-3-9(4-2-7)18-10-5-8(6-10)12(15)16;1-2/h1-4,8,10,17H,5-6H2,(H2,13,14)(H,15,16);1H3. The summed E-state index contributed by atoms with van der Waals surface area (Å²) < 4.78 is 5.59. The molecule has 1 saturated carbocycles. The lowest BCUT2D eigenvalue weighted by Gasteiger charge is -2.32. The number of halogens is 1. The quantitative estimate of drug-likeness (QED) is 0.259. The number of oxime groups is 1. The fourth-order valence-electron chi connectivity index (χ4n) is 1.82. The minimum Gasteiger partial charge on any atom is -0.490 e. The molecule has 0 aliphatic heterocycles. The van der Waals surface area contributed by atoms with Crippen LogP contribution in [0.1, 0.15) is 18.4 Å². The summed E-state index contributed by atoms with van der Waals surface area (Å²) in [5, 5.41) is 20.1. The molecule has 4 N–H and O–H groups in total. The molecular weight excluding hydrogens is 284 g/mol. The van der Waals surface area contributed by atoms with Crippen molar-refractivity contribution in [2.75, 3.05) is 6.38 Å². The summed E-state index contributed by atoms with van der Waals surface area (Å²) in [5.41, 5.74) is 6.03. The molecule has 1 aliphatic carbocycles. The molecule has 6 nitrogen and oxygen atoms in total. The Balaban J connectivity index is 0.000000956. The maximum absolute atomic E-state index is 10.6. The third-order valence-corrected chi connectivity index (χ3v) is 3.00. The fourth-order valence-corrected chi connectivity index (χ4v) is 1.82. The molecule has 20 heavy (non-hydrogen) atoms. The lowest BCUT2D eigenvalue weighted by molar-refractivity contribution is -0.147. The molecule has 1 aromatic rings. The van der Waals surface area contributed by atoms with Crippen LogP contribution in [0.25, 0.3) is 0 Å². The topological polar surface area (TPSA) is 105 Å². The smallest absolute Gasteiger partial charge is 0.306 e. The van der Waals surface area contributed by atoms with Crippen LogP contribution < -0.4 is 10.5 Å². The average Bonchev–Trinajstić information content (AvgIpc) is 2.44. The number of carboxylic acids is 1. The van der Waals surface area contributed by atoms with Crippen LogP contribution in [0.15, 0.2) is 29.4 Å². The molecule has 0 heterocycles. The Kier molecular flexibility index (Phi) is 6.11. The Morgan fingerprint density at radius 1 is 1.35 bits per heavy atom. The van der Waals surface area contributed by atoms with Gasteiger partial charge in [-0.15, -0.1) is 11.6 Å². The SMILES string of the molecule is CCl.N/C(=N\O)c1ccc(OC2CC(C(=O)O)C2)cc1. The fraction of sp³-hybridized carbons (Fsp3) is 0.385. The minimum atomic E-state index is -0.767. The second-order valence-corrected chi connectivity index (χ2v) is 4.26. The summed E-state index contributed by atoms with van der Waals surface area (Å²) >= 11 is 4.64. The van der Waals surface area contributed by atoms with Crippen LogP contribution in [0.5, 0.6) is 5.75 Å². The van der Waals surface area contributed by atoms with Gasteiger partial charge >= 0.3 is 5.97 Å². The first kappa shape index (κ1) is 16.1. The second kappa shape index (κ2) is 7.59. The van der Waals surface area contributed by atoms with E-state index in [-0.39, 0.29) is 17.9 Å². The van der Waals surface area contributed by atoms with Crippen LogP contribution in [0.4, 0.5) is 0 Å². The highest BCUT2D eigenvalue weighted by molar-refractivity contribution is 6.15. The molecule has 0 saturated heterocycles. The van der Waals surface area contributed by atoms with Crippen molar-refractivity contribution in [2.45, 2.75) is 18.9 Å². The lowest BCUT2D eigenvalue weighted by Crippen LogP contribution is -2.38. The number of amidine groups is 1. The zero-order chi connectivity index (χ0) is 15.1.